The Morgan fingerprint density at radius 1 is 0.849 bits per heavy atom. The second-order valence-electron chi connectivity index (χ2n) is 16.9. The van der Waals surface area contributed by atoms with Crippen molar-refractivity contribution in [2.45, 2.75) is 91.4 Å². The van der Waals surface area contributed by atoms with Crippen LogP contribution in [0.2, 0.25) is 4.34 Å². The number of carbonyl (C=O) groups is 5. The summed E-state index contributed by atoms with van der Waals surface area (Å²) in [6.45, 7) is 18.2. The fraction of sp³-hybridized carbons (Fsp3) is 0.481. The Bertz CT molecular complexity index is 2290. The lowest BCUT2D eigenvalue weighted by Crippen LogP contribution is -2.33. The molecule has 2 aromatic carbocycles. The van der Waals surface area contributed by atoms with Gasteiger partial charge in [-0.1, -0.05) is 43.3 Å². The molecule has 73 heavy (non-hydrogen) atoms. The van der Waals surface area contributed by atoms with Gasteiger partial charge >= 0.3 is 0 Å². The number of benzene rings is 2. The normalized spacial score (nSPS) is 11.6. The molecule has 4 rings (SSSR count). The first-order chi connectivity index (χ1) is 35.4. The number of nitrogens with one attached hydrogen (secondary N) is 6. The summed E-state index contributed by atoms with van der Waals surface area (Å²) in [6, 6.07) is 15.4. The Balaban J connectivity index is 0.000000401. The number of hydrogen-bond acceptors (Lipinski definition) is 16. The number of thiophene rings is 1. The van der Waals surface area contributed by atoms with Crippen LogP contribution in [-0.2, 0) is 46.5 Å². The third kappa shape index (κ3) is 23.6. The lowest BCUT2D eigenvalue weighted by Gasteiger charge is -2.31. The molecule has 4 aromatic rings. The number of anilines is 5. The summed E-state index contributed by atoms with van der Waals surface area (Å²) in [5.41, 5.74) is 5.03. The molecule has 2 atom stereocenters. The van der Waals surface area contributed by atoms with Crippen LogP contribution >= 0.6 is 22.9 Å². The van der Waals surface area contributed by atoms with Gasteiger partial charge < -0.3 is 55.7 Å². The Labute approximate surface area is 439 Å². The van der Waals surface area contributed by atoms with Crippen molar-refractivity contribution in [2.75, 3.05) is 94.3 Å². The van der Waals surface area contributed by atoms with Crippen LogP contribution in [0.3, 0.4) is 0 Å². The first-order valence-corrected chi connectivity index (χ1v) is 25.6. The molecule has 19 nitrogen and oxygen atoms in total. The van der Waals surface area contributed by atoms with E-state index in [1.54, 1.807) is 25.4 Å². The van der Waals surface area contributed by atoms with E-state index in [-0.39, 0.29) is 18.0 Å². The number of nitrogens with zero attached hydrogens (tertiary/aromatic N) is 4. The number of hydrogen-bond donors (Lipinski definition) is 6. The van der Waals surface area contributed by atoms with Gasteiger partial charge in [0.15, 0.2) is 5.82 Å². The van der Waals surface area contributed by atoms with Crippen LogP contribution in [0.25, 0.3) is 0 Å². The molecule has 4 amide bonds. The summed E-state index contributed by atoms with van der Waals surface area (Å²) in [7, 11) is 3.59. The number of ether oxygens (including phenoxy) is 4. The molecule has 6 N–H and O–H groups in total. The van der Waals surface area contributed by atoms with E-state index in [4.69, 9.17) is 35.5 Å². The van der Waals surface area contributed by atoms with Crippen molar-refractivity contribution in [1.82, 2.24) is 30.8 Å². The van der Waals surface area contributed by atoms with Gasteiger partial charge in [-0.15, -0.1) is 11.3 Å². The van der Waals surface area contributed by atoms with Crippen LogP contribution < -0.4 is 41.5 Å². The number of aromatic nitrogens is 2. The van der Waals surface area contributed by atoms with E-state index in [1.807, 2.05) is 50.4 Å². The molecular weight excluding hydrogens is 976 g/mol. The van der Waals surface area contributed by atoms with Crippen molar-refractivity contribution in [3.8, 4) is 5.75 Å². The molecule has 2 aromatic heterocycles. The smallest absolute Gasteiger partial charge is 0.229 e. The molecule has 0 spiro atoms. The van der Waals surface area contributed by atoms with Gasteiger partial charge in [0.2, 0.25) is 31.1 Å². The second kappa shape index (κ2) is 36.0. The fourth-order valence-electron chi connectivity index (χ4n) is 7.03. The highest BCUT2D eigenvalue weighted by Gasteiger charge is 2.22. The third-order valence-corrected chi connectivity index (χ3v) is 12.7. The van der Waals surface area contributed by atoms with Gasteiger partial charge in [-0.2, -0.15) is 4.98 Å². The van der Waals surface area contributed by atoms with E-state index in [0.717, 1.165) is 64.5 Å². The zero-order valence-electron chi connectivity index (χ0n) is 43.1. The Morgan fingerprint density at radius 3 is 2.25 bits per heavy atom. The van der Waals surface area contributed by atoms with E-state index in [0.29, 0.717) is 138 Å². The number of methoxy groups -OCH3 is 1. The number of rotatable bonds is 38. The highest BCUT2D eigenvalue weighted by molar-refractivity contribution is 7.16. The van der Waals surface area contributed by atoms with Crippen LogP contribution in [-0.4, -0.2) is 132 Å². The predicted octanol–water partition coefficient (Wildman–Crippen LogP) is 7.48. The maximum atomic E-state index is 12.6. The first kappa shape index (κ1) is 61.3. The van der Waals surface area contributed by atoms with Crippen LogP contribution in [0.15, 0.2) is 67.0 Å². The van der Waals surface area contributed by atoms with Gasteiger partial charge in [0.25, 0.3) is 0 Å². The zero-order chi connectivity index (χ0) is 53.2. The number of aldehydes is 1. The molecule has 21 heteroatoms. The molecule has 0 radical (unpaired) electrons. The van der Waals surface area contributed by atoms with Crippen LogP contribution in [0.5, 0.6) is 5.75 Å². The minimum Gasteiger partial charge on any atom is -0.495 e. The van der Waals surface area contributed by atoms with Crippen LogP contribution in [0.4, 0.5) is 28.8 Å². The lowest BCUT2D eigenvalue weighted by atomic mass is 10.0. The van der Waals surface area contributed by atoms with Gasteiger partial charge in [0, 0.05) is 65.5 Å². The standard InChI is InChI=1S/C30H49N5O7.C22H26ClN5O2S/c1-25(33-24-38)10-11-26(2)35(3)21-28-27(22-36)7-6-8-29(28)34-30(39)9-4-5-12-31-13-15-40-17-19-42-20-18-41-16-14-32-23-37;1-5-15(3)28(12-16-7-9-20(23)31-16)21-18(25-13-29)11-24-22(27-21)26-17-8-6-14(2)10-19(17)30-4/h6-8,22-24,26,31H,1,4-5,9-21H2,2-3H3,(H,32,37)(H,33,38)(H,34,39);6-11,13,15H,5,12H2,1-4H3,(H,25,29)(H,24,26,27). The van der Waals surface area contributed by atoms with Gasteiger partial charge in [-0.3, -0.25) is 28.9 Å². The zero-order valence-corrected chi connectivity index (χ0v) is 44.7. The fourth-order valence-corrected chi connectivity index (χ4v) is 8.11. The highest BCUT2D eigenvalue weighted by atomic mass is 35.5. The minimum atomic E-state index is -0.0856. The topological polar surface area (TPSA) is 227 Å². The van der Waals surface area contributed by atoms with E-state index < -0.39 is 0 Å². The Hall–Kier alpha value is -6.00. The SMILES string of the molecule is C=C(CCC(C)N(C)Cc1c(C=O)cccc1NC(=O)CCCCNCCOCCOCCOCCNC=O)NC=O.CCC(C)N(Cc1ccc(Cl)s1)c1nc(Nc2ccc(C)cc2OC)ncc1NC=O. The van der Waals surface area contributed by atoms with Crippen molar-refractivity contribution in [3.63, 3.8) is 0 Å². The first-order valence-electron chi connectivity index (χ1n) is 24.4. The summed E-state index contributed by atoms with van der Waals surface area (Å²) in [5.74, 6) is 1.66. The van der Waals surface area contributed by atoms with E-state index in [9.17, 15) is 24.0 Å². The second-order valence-corrected chi connectivity index (χ2v) is 18.7. The molecule has 400 valence electrons. The van der Waals surface area contributed by atoms with E-state index >= 15 is 0 Å². The van der Waals surface area contributed by atoms with Crippen LogP contribution in [0.1, 0.15) is 85.7 Å². The average Bonchev–Trinajstić information content (AvgIpc) is 3.81. The van der Waals surface area contributed by atoms with Crippen molar-refractivity contribution in [1.29, 1.82) is 0 Å². The summed E-state index contributed by atoms with van der Waals surface area (Å²) >= 11 is 7.66. The van der Waals surface area contributed by atoms with Crippen molar-refractivity contribution < 1.29 is 42.9 Å². The molecule has 2 unspecified atom stereocenters. The molecule has 0 saturated heterocycles. The summed E-state index contributed by atoms with van der Waals surface area (Å²) in [4.78, 5) is 70.8. The number of allylic oxidation sites excluding steroid dienone is 1. The molecular formula is C52H75ClN10O9S. The van der Waals surface area contributed by atoms with Crippen molar-refractivity contribution in [2.24, 2.45) is 0 Å². The van der Waals surface area contributed by atoms with Crippen molar-refractivity contribution in [3.05, 3.63) is 92.9 Å². The third-order valence-electron chi connectivity index (χ3n) is 11.5. The number of unbranched alkanes of at least 4 members (excludes halogenated alkanes) is 1. The minimum absolute atomic E-state index is 0.0856. The highest BCUT2D eigenvalue weighted by Crippen LogP contribution is 2.33. The quantitative estimate of drug-likeness (QED) is 0.0189. The monoisotopic (exact) mass is 1050 g/mol. The maximum absolute atomic E-state index is 12.6. The predicted molar refractivity (Wildman–Crippen MR) is 290 cm³/mol. The number of amides is 4. The molecule has 0 saturated carbocycles. The number of carbonyl (C=O) groups excluding carboxylic acids is 5. The van der Waals surface area contributed by atoms with Crippen LogP contribution in [0, 0.1) is 6.92 Å². The van der Waals surface area contributed by atoms with E-state index in [1.165, 1.54) is 11.3 Å². The number of halogens is 1. The maximum Gasteiger partial charge on any atom is 0.229 e. The Kier molecular flexibility index (Phi) is 30.2. The molecule has 0 aliphatic heterocycles. The Morgan fingerprint density at radius 2 is 1.59 bits per heavy atom. The largest absolute Gasteiger partial charge is 0.495 e. The lowest BCUT2D eigenvalue weighted by molar-refractivity contribution is -0.116. The summed E-state index contributed by atoms with van der Waals surface area (Å²) in [6.07, 6.45) is 8.64. The molecule has 2 heterocycles. The molecule has 0 aliphatic rings. The van der Waals surface area contributed by atoms with Gasteiger partial charge in [0.05, 0.1) is 69.5 Å². The van der Waals surface area contributed by atoms with Gasteiger partial charge in [0.1, 0.15) is 17.7 Å². The van der Waals surface area contributed by atoms with Gasteiger partial charge in [-0.25, -0.2) is 4.98 Å². The molecule has 0 fully saturated rings. The molecule has 0 aliphatic carbocycles. The van der Waals surface area contributed by atoms with E-state index in [2.05, 4.69) is 74.0 Å². The van der Waals surface area contributed by atoms with Gasteiger partial charge in [-0.05, 0) is 102 Å². The molecule has 0 bridgehead atoms. The number of aryl methyl sites for hydroxylation is 1. The summed E-state index contributed by atoms with van der Waals surface area (Å²) < 4.78 is 22.4. The van der Waals surface area contributed by atoms with Crippen molar-refractivity contribution >= 4 is 83.2 Å². The average molecular weight is 1050 g/mol. The summed E-state index contributed by atoms with van der Waals surface area (Å²) in [5, 5.41) is 17.3.